The van der Waals surface area contributed by atoms with Crippen molar-refractivity contribution in [3.63, 3.8) is 0 Å². The molecule has 1 saturated heterocycles. The molecule has 0 unspecified atom stereocenters. The predicted octanol–water partition coefficient (Wildman–Crippen LogP) is 3.13. The molecule has 9 heteroatoms. The molecule has 0 bridgehead atoms. The first-order valence-corrected chi connectivity index (χ1v) is 8.95. The van der Waals surface area contributed by atoms with Gasteiger partial charge in [0.2, 0.25) is 5.91 Å². The molecule has 3 N–H and O–H groups in total. The highest BCUT2D eigenvalue weighted by Gasteiger charge is 2.39. The van der Waals surface area contributed by atoms with Crippen LogP contribution in [0.2, 0.25) is 0 Å². The number of hydrogen-bond donors (Lipinski definition) is 3. The zero-order valence-electron chi connectivity index (χ0n) is 16.1. The molecule has 2 amide bonds. The number of halogens is 2. The van der Waals surface area contributed by atoms with E-state index in [4.69, 9.17) is 4.74 Å². The Kier molecular flexibility index (Phi) is 10.0. The van der Waals surface area contributed by atoms with Crippen LogP contribution in [0.5, 0.6) is 0 Å². The Hall–Kier alpha value is -2.19. The molecule has 0 spiro atoms. The van der Waals surface area contributed by atoms with E-state index in [2.05, 4.69) is 20.9 Å². The van der Waals surface area contributed by atoms with Gasteiger partial charge in [-0.2, -0.15) is 0 Å². The van der Waals surface area contributed by atoms with E-state index in [0.29, 0.717) is 23.5 Å². The van der Waals surface area contributed by atoms with Crippen molar-refractivity contribution >= 4 is 48.0 Å². The summed E-state index contributed by atoms with van der Waals surface area (Å²) < 4.78 is 5.32. The Morgan fingerprint density at radius 3 is 2.31 bits per heavy atom. The van der Waals surface area contributed by atoms with Crippen molar-refractivity contribution in [2.24, 2.45) is 5.41 Å². The number of carbonyl (C=O) groups excluding carboxylic acids is 2. The predicted molar refractivity (Wildman–Crippen MR) is 118 cm³/mol. The van der Waals surface area contributed by atoms with Gasteiger partial charge in [0.15, 0.2) is 0 Å². The van der Waals surface area contributed by atoms with Crippen molar-refractivity contribution < 1.29 is 14.3 Å². The Balaban J connectivity index is 0.00000210. The SMILES string of the molecule is COCC1(C(=O)Nc2cccc(NC(=O)c3ccncc3)c2)CCNCC1.Cl.Cl. The summed E-state index contributed by atoms with van der Waals surface area (Å²) in [4.78, 5) is 29.1. The van der Waals surface area contributed by atoms with E-state index in [9.17, 15) is 9.59 Å². The number of carbonyl (C=O) groups is 2. The van der Waals surface area contributed by atoms with Crippen LogP contribution in [0.15, 0.2) is 48.8 Å². The first-order valence-electron chi connectivity index (χ1n) is 8.95. The lowest BCUT2D eigenvalue weighted by Gasteiger charge is -2.35. The number of anilines is 2. The molecule has 1 aliphatic rings. The fourth-order valence-corrected chi connectivity index (χ4v) is 3.26. The smallest absolute Gasteiger partial charge is 0.255 e. The van der Waals surface area contributed by atoms with E-state index in [1.54, 1.807) is 49.8 Å². The first-order chi connectivity index (χ1) is 13.1. The Labute approximate surface area is 182 Å². The Morgan fingerprint density at radius 2 is 1.69 bits per heavy atom. The lowest BCUT2D eigenvalue weighted by Crippen LogP contribution is -2.47. The highest BCUT2D eigenvalue weighted by molar-refractivity contribution is 6.04. The summed E-state index contributed by atoms with van der Waals surface area (Å²) in [5, 5.41) is 9.09. The number of benzene rings is 1. The standard InChI is InChI=1S/C20H24N4O3.2ClH/c1-27-14-20(7-11-22-12-8-20)19(26)24-17-4-2-3-16(13-17)23-18(25)15-5-9-21-10-6-15;;/h2-6,9-10,13,22H,7-8,11-12,14H2,1H3,(H,23,25)(H,24,26);2*1H. The summed E-state index contributed by atoms with van der Waals surface area (Å²) in [7, 11) is 1.62. The number of hydrogen-bond acceptors (Lipinski definition) is 5. The second-order valence-electron chi connectivity index (χ2n) is 6.69. The van der Waals surface area contributed by atoms with Crippen LogP contribution in [0, 0.1) is 5.41 Å². The molecular formula is C20H26Cl2N4O3. The van der Waals surface area contributed by atoms with Gasteiger partial charge < -0.3 is 20.7 Å². The molecule has 0 saturated carbocycles. The Bertz CT molecular complexity index is 794. The van der Waals surface area contributed by atoms with Crippen molar-refractivity contribution in [1.82, 2.24) is 10.3 Å². The van der Waals surface area contributed by atoms with Crippen molar-refractivity contribution in [3.8, 4) is 0 Å². The van der Waals surface area contributed by atoms with Gasteiger partial charge in [0.05, 0.1) is 12.0 Å². The fraction of sp³-hybridized carbons (Fsp3) is 0.350. The summed E-state index contributed by atoms with van der Waals surface area (Å²) in [6.07, 6.45) is 4.59. The number of aromatic nitrogens is 1. The maximum Gasteiger partial charge on any atom is 0.255 e. The molecule has 3 rings (SSSR count). The highest BCUT2D eigenvalue weighted by atomic mass is 35.5. The zero-order valence-corrected chi connectivity index (χ0v) is 17.8. The third kappa shape index (κ3) is 6.40. The number of nitrogens with zero attached hydrogens (tertiary/aromatic N) is 1. The molecular weight excluding hydrogens is 415 g/mol. The third-order valence-corrected chi connectivity index (χ3v) is 4.78. The fourth-order valence-electron chi connectivity index (χ4n) is 3.26. The zero-order chi connectivity index (χ0) is 19.1. The van der Waals surface area contributed by atoms with Crippen LogP contribution in [0.25, 0.3) is 0 Å². The molecule has 0 aliphatic carbocycles. The van der Waals surface area contributed by atoms with Gasteiger partial charge in [-0.3, -0.25) is 14.6 Å². The van der Waals surface area contributed by atoms with E-state index in [1.807, 2.05) is 6.07 Å². The second kappa shape index (κ2) is 11.7. The summed E-state index contributed by atoms with van der Waals surface area (Å²) >= 11 is 0. The van der Waals surface area contributed by atoms with Crippen LogP contribution < -0.4 is 16.0 Å². The molecule has 1 aromatic heterocycles. The van der Waals surface area contributed by atoms with Crippen molar-refractivity contribution in [2.45, 2.75) is 12.8 Å². The van der Waals surface area contributed by atoms with Crippen LogP contribution in [0.4, 0.5) is 11.4 Å². The quantitative estimate of drug-likeness (QED) is 0.641. The molecule has 158 valence electrons. The minimum atomic E-state index is -0.531. The average molecular weight is 441 g/mol. The van der Waals surface area contributed by atoms with Gasteiger partial charge >= 0.3 is 0 Å². The van der Waals surface area contributed by atoms with Crippen molar-refractivity contribution in [3.05, 3.63) is 54.4 Å². The molecule has 2 heterocycles. The lowest BCUT2D eigenvalue weighted by molar-refractivity contribution is -0.130. The number of piperidine rings is 1. The van der Waals surface area contributed by atoms with Gasteiger partial charge in [-0.05, 0) is 56.3 Å². The van der Waals surface area contributed by atoms with Gasteiger partial charge in [-0.25, -0.2) is 0 Å². The average Bonchev–Trinajstić information content (AvgIpc) is 2.70. The summed E-state index contributed by atoms with van der Waals surface area (Å²) in [5.41, 5.74) is 1.24. The van der Waals surface area contributed by atoms with Gasteiger partial charge in [0.1, 0.15) is 0 Å². The van der Waals surface area contributed by atoms with E-state index in [-0.39, 0.29) is 36.6 Å². The molecule has 29 heavy (non-hydrogen) atoms. The van der Waals surface area contributed by atoms with Crippen molar-refractivity contribution in [1.29, 1.82) is 0 Å². The number of amides is 2. The minimum absolute atomic E-state index is 0. The van der Waals surface area contributed by atoms with Crippen LogP contribution in [0.1, 0.15) is 23.2 Å². The van der Waals surface area contributed by atoms with Gasteiger partial charge in [-0.15, -0.1) is 24.8 Å². The summed E-state index contributed by atoms with van der Waals surface area (Å²) in [6.45, 7) is 1.97. The topological polar surface area (TPSA) is 92.4 Å². The second-order valence-corrected chi connectivity index (χ2v) is 6.69. The normalized spacial score (nSPS) is 14.7. The van der Waals surface area contributed by atoms with Crippen molar-refractivity contribution in [2.75, 3.05) is 37.4 Å². The van der Waals surface area contributed by atoms with Crippen LogP contribution in [-0.4, -0.2) is 43.6 Å². The van der Waals surface area contributed by atoms with E-state index in [0.717, 1.165) is 25.9 Å². The van der Waals surface area contributed by atoms with Gasteiger partial charge in [0.25, 0.3) is 5.91 Å². The molecule has 0 atom stereocenters. The van der Waals surface area contributed by atoms with E-state index >= 15 is 0 Å². The van der Waals surface area contributed by atoms with E-state index < -0.39 is 5.41 Å². The number of ether oxygens (including phenoxy) is 1. The molecule has 1 aromatic carbocycles. The molecule has 7 nitrogen and oxygen atoms in total. The number of rotatable bonds is 6. The largest absolute Gasteiger partial charge is 0.384 e. The molecule has 2 aromatic rings. The van der Waals surface area contributed by atoms with Crippen LogP contribution >= 0.6 is 24.8 Å². The van der Waals surface area contributed by atoms with Crippen LogP contribution in [0.3, 0.4) is 0 Å². The third-order valence-electron chi connectivity index (χ3n) is 4.78. The minimum Gasteiger partial charge on any atom is -0.384 e. The molecule has 1 fully saturated rings. The lowest BCUT2D eigenvalue weighted by atomic mass is 9.78. The maximum atomic E-state index is 12.9. The Morgan fingerprint density at radius 1 is 1.07 bits per heavy atom. The number of nitrogens with one attached hydrogen (secondary N) is 3. The van der Waals surface area contributed by atoms with Gasteiger partial charge in [-0.1, -0.05) is 6.07 Å². The molecule has 0 radical (unpaired) electrons. The maximum absolute atomic E-state index is 12.9. The summed E-state index contributed by atoms with van der Waals surface area (Å²) in [6, 6.07) is 10.4. The monoisotopic (exact) mass is 440 g/mol. The highest BCUT2D eigenvalue weighted by Crippen LogP contribution is 2.31. The first kappa shape index (κ1) is 24.8. The molecule has 1 aliphatic heterocycles. The van der Waals surface area contributed by atoms with Crippen LogP contribution in [-0.2, 0) is 9.53 Å². The number of methoxy groups -OCH3 is 1. The summed E-state index contributed by atoms with van der Waals surface area (Å²) in [5.74, 6) is -0.279. The van der Waals surface area contributed by atoms with E-state index in [1.165, 1.54) is 0 Å². The van der Waals surface area contributed by atoms with Gasteiger partial charge in [0, 0.05) is 36.4 Å². The number of pyridine rings is 1.